The maximum absolute atomic E-state index is 14.1. The monoisotopic (exact) mass is 456 g/mol. The van der Waals surface area contributed by atoms with Crippen LogP contribution in [0.15, 0.2) is 36.4 Å². The molecule has 3 rings (SSSR count). The van der Waals surface area contributed by atoms with Crippen LogP contribution in [0.3, 0.4) is 0 Å². The van der Waals surface area contributed by atoms with Crippen LogP contribution in [0.1, 0.15) is 65.9 Å². The summed E-state index contributed by atoms with van der Waals surface area (Å²) >= 11 is 0. The zero-order valence-corrected chi connectivity index (χ0v) is 20.3. The Morgan fingerprint density at radius 3 is 2.52 bits per heavy atom. The Kier molecular flexibility index (Phi) is 7.20. The van der Waals surface area contributed by atoms with Crippen molar-refractivity contribution in [3.63, 3.8) is 0 Å². The number of hydrogen-bond acceptors (Lipinski definition) is 4. The van der Waals surface area contributed by atoms with E-state index < -0.39 is 35.2 Å². The lowest BCUT2D eigenvalue weighted by molar-refractivity contribution is -0.143. The topological polar surface area (TPSA) is 95.9 Å². The summed E-state index contributed by atoms with van der Waals surface area (Å²) in [7, 11) is 0. The van der Waals surface area contributed by atoms with E-state index in [-0.39, 0.29) is 11.8 Å². The second-order valence-electron chi connectivity index (χ2n) is 10.5. The molecule has 1 aromatic rings. The van der Waals surface area contributed by atoms with Gasteiger partial charge in [-0.25, -0.2) is 9.59 Å². The third-order valence-electron chi connectivity index (χ3n) is 6.24. The standard InChI is InChI=1S/C26H36N2O5/c1-17(2)15-20(22(29)30)27-23(31)26(19-12-7-6-8-13-19)16-18-11-9-10-14-21(18)28(26)24(32)33-25(3,4)5/h7,9-12,14,17,19-20H,6,8,13,15-16H2,1-5H3,(H,27,31)(H,29,30)/t19?,20-,26?/m0/s1. The molecule has 0 saturated heterocycles. The van der Waals surface area contributed by atoms with Gasteiger partial charge in [0.2, 0.25) is 5.91 Å². The van der Waals surface area contributed by atoms with Crippen molar-refractivity contribution < 1.29 is 24.2 Å². The second-order valence-corrected chi connectivity index (χ2v) is 10.5. The summed E-state index contributed by atoms with van der Waals surface area (Å²) in [5.74, 6) is -1.71. The first-order valence-corrected chi connectivity index (χ1v) is 11.8. The Bertz CT molecular complexity index is 933. The fraction of sp³-hybridized carbons (Fsp3) is 0.577. The summed E-state index contributed by atoms with van der Waals surface area (Å²) in [5, 5.41) is 12.6. The van der Waals surface area contributed by atoms with Crippen LogP contribution in [0, 0.1) is 11.8 Å². The number of carboxylic acid groups (broad SMARTS) is 1. The molecule has 1 aromatic carbocycles. The number of nitrogens with zero attached hydrogens (tertiary/aromatic N) is 1. The molecular weight excluding hydrogens is 420 g/mol. The van der Waals surface area contributed by atoms with E-state index in [1.165, 1.54) is 4.90 Å². The highest BCUT2D eigenvalue weighted by atomic mass is 16.6. The van der Waals surface area contributed by atoms with Gasteiger partial charge in [-0.05, 0) is 64.0 Å². The minimum absolute atomic E-state index is 0.0830. The number of amides is 2. The predicted octanol–water partition coefficient (Wildman–Crippen LogP) is 4.69. The zero-order chi connectivity index (χ0) is 24.4. The average molecular weight is 457 g/mol. The molecule has 180 valence electrons. The molecule has 2 aliphatic rings. The summed E-state index contributed by atoms with van der Waals surface area (Å²) in [6.07, 6.45) is 6.58. The Morgan fingerprint density at radius 1 is 1.24 bits per heavy atom. The molecule has 2 N–H and O–H groups in total. The SMILES string of the molecule is CC(C)C[C@H](NC(=O)C1(C2C=CCCC2)Cc2ccccc2N1C(=O)OC(C)(C)C)C(=O)O. The van der Waals surface area contributed by atoms with Crippen molar-refractivity contribution in [2.75, 3.05) is 4.90 Å². The fourth-order valence-electron chi connectivity index (χ4n) is 4.87. The van der Waals surface area contributed by atoms with Gasteiger partial charge in [0, 0.05) is 12.3 Å². The lowest BCUT2D eigenvalue weighted by Crippen LogP contribution is -2.66. The van der Waals surface area contributed by atoms with Gasteiger partial charge in [0.05, 0.1) is 5.69 Å². The highest BCUT2D eigenvalue weighted by molar-refractivity contribution is 6.05. The van der Waals surface area contributed by atoms with Gasteiger partial charge in [0.1, 0.15) is 17.2 Å². The number of carbonyl (C=O) groups excluding carboxylic acids is 2. The number of rotatable bonds is 6. The van der Waals surface area contributed by atoms with Crippen molar-refractivity contribution in [1.82, 2.24) is 5.32 Å². The maximum atomic E-state index is 14.1. The lowest BCUT2D eigenvalue weighted by atomic mass is 9.74. The summed E-state index contributed by atoms with van der Waals surface area (Å²) in [4.78, 5) is 41.1. The van der Waals surface area contributed by atoms with Crippen LogP contribution in [-0.4, -0.2) is 40.3 Å². The molecule has 1 heterocycles. The van der Waals surface area contributed by atoms with Gasteiger partial charge in [0.25, 0.3) is 0 Å². The number of ether oxygens (including phenoxy) is 1. The number of carboxylic acids is 1. The van der Waals surface area contributed by atoms with Crippen LogP contribution >= 0.6 is 0 Å². The molecule has 7 heteroatoms. The molecule has 0 bridgehead atoms. The van der Waals surface area contributed by atoms with Gasteiger partial charge in [-0.3, -0.25) is 9.69 Å². The number of anilines is 1. The molecule has 0 fully saturated rings. The third kappa shape index (κ3) is 5.23. The lowest BCUT2D eigenvalue weighted by Gasteiger charge is -2.43. The van der Waals surface area contributed by atoms with Crippen LogP contribution in [0.2, 0.25) is 0 Å². The van der Waals surface area contributed by atoms with Crippen LogP contribution in [0.4, 0.5) is 10.5 Å². The van der Waals surface area contributed by atoms with E-state index in [4.69, 9.17) is 4.74 Å². The van der Waals surface area contributed by atoms with E-state index in [0.29, 0.717) is 18.5 Å². The number of carbonyl (C=O) groups is 3. The highest BCUT2D eigenvalue weighted by Gasteiger charge is 2.58. The molecule has 0 aromatic heterocycles. The van der Waals surface area contributed by atoms with Gasteiger partial charge < -0.3 is 15.2 Å². The smallest absolute Gasteiger partial charge is 0.415 e. The first kappa shape index (κ1) is 24.8. The molecule has 0 spiro atoms. The molecule has 33 heavy (non-hydrogen) atoms. The normalized spacial score (nSPS) is 23.2. The summed E-state index contributed by atoms with van der Waals surface area (Å²) in [5.41, 5.74) is -0.543. The fourth-order valence-corrected chi connectivity index (χ4v) is 4.87. The van der Waals surface area contributed by atoms with E-state index in [2.05, 4.69) is 5.32 Å². The molecule has 1 aliphatic heterocycles. The van der Waals surface area contributed by atoms with Gasteiger partial charge >= 0.3 is 12.1 Å². The molecular formula is C26H36N2O5. The van der Waals surface area contributed by atoms with E-state index in [9.17, 15) is 19.5 Å². The maximum Gasteiger partial charge on any atom is 0.415 e. The first-order valence-electron chi connectivity index (χ1n) is 11.8. The molecule has 0 radical (unpaired) electrons. The Hall–Kier alpha value is -2.83. The number of hydrogen-bond donors (Lipinski definition) is 2. The van der Waals surface area contributed by atoms with Crippen molar-refractivity contribution in [2.24, 2.45) is 11.8 Å². The Balaban J connectivity index is 2.12. The van der Waals surface area contributed by atoms with Crippen molar-refractivity contribution in [2.45, 2.75) is 83.9 Å². The predicted molar refractivity (Wildman–Crippen MR) is 127 cm³/mol. The Labute approximate surface area is 196 Å². The van der Waals surface area contributed by atoms with Crippen molar-refractivity contribution >= 4 is 23.7 Å². The van der Waals surface area contributed by atoms with Crippen LogP contribution < -0.4 is 10.2 Å². The van der Waals surface area contributed by atoms with Gasteiger partial charge in [0.15, 0.2) is 0 Å². The largest absolute Gasteiger partial charge is 0.480 e. The number of fused-ring (bicyclic) bond motifs is 1. The number of nitrogens with one attached hydrogen (secondary N) is 1. The van der Waals surface area contributed by atoms with Crippen LogP contribution in [0.5, 0.6) is 0 Å². The van der Waals surface area contributed by atoms with E-state index in [1.807, 2.05) is 50.3 Å². The average Bonchev–Trinajstić information content (AvgIpc) is 3.08. The molecule has 0 saturated carbocycles. The van der Waals surface area contributed by atoms with E-state index >= 15 is 0 Å². The van der Waals surface area contributed by atoms with Gasteiger partial charge in [-0.15, -0.1) is 0 Å². The zero-order valence-electron chi connectivity index (χ0n) is 20.3. The summed E-state index contributed by atoms with van der Waals surface area (Å²) in [6, 6.07) is 6.42. The highest BCUT2D eigenvalue weighted by Crippen LogP contribution is 2.47. The summed E-state index contributed by atoms with van der Waals surface area (Å²) in [6.45, 7) is 9.20. The minimum Gasteiger partial charge on any atom is -0.480 e. The number of aliphatic carboxylic acids is 1. The van der Waals surface area contributed by atoms with Crippen molar-refractivity contribution in [1.29, 1.82) is 0 Å². The van der Waals surface area contributed by atoms with Crippen LogP contribution in [-0.2, 0) is 20.7 Å². The number of para-hydroxylation sites is 1. The molecule has 3 atom stereocenters. The van der Waals surface area contributed by atoms with Crippen LogP contribution in [0.25, 0.3) is 0 Å². The van der Waals surface area contributed by atoms with Gasteiger partial charge in [-0.1, -0.05) is 44.2 Å². The molecule has 2 unspecified atom stereocenters. The molecule has 2 amide bonds. The second kappa shape index (κ2) is 9.57. The third-order valence-corrected chi connectivity index (χ3v) is 6.24. The quantitative estimate of drug-likeness (QED) is 0.605. The minimum atomic E-state index is -1.30. The van der Waals surface area contributed by atoms with Crippen molar-refractivity contribution in [3.05, 3.63) is 42.0 Å². The van der Waals surface area contributed by atoms with E-state index in [1.54, 1.807) is 20.8 Å². The number of benzene rings is 1. The first-order chi connectivity index (χ1) is 15.5. The number of allylic oxidation sites excluding steroid dienone is 1. The summed E-state index contributed by atoms with van der Waals surface area (Å²) < 4.78 is 5.76. The van der Waals surface area contributed by atoms with Crippen molar-refractivity contribution in [3.8, 4) is 0 Å². The Morgan fingerprint density at radius 2 is 1.94 bits per heavy atom. The van der Waals surface area contributed by atoms with E-state index in [0.717, 1.165) is 24.8 Å². The molecule has 7 nitrogen and oxygen atoms in total. The van der Waals surface area contributed by atoms with Gasteiger partial charge in [-0.2, -0.15) is 0 Å². The molecule has 1 aliphatic carbocycles.